The fraction of sp³-hybridized carbons (Fsp3) is 1.00. The second kappa shape index (κ2) is 4.23. The SMILES string of the molecule is CC(C)[N+]1(O)CCN(CC[N+]2(O)CC2)CC1. The predicted molar refractivity (Wildman–Crippen MR) is 60.0 cm³/mol. The van der Waals surface area contributed by atoms with Crippen LogP contribution in [0.1, 0.15) is 13.8 Å². The molecule has 2 aliphatic rings. The summed E-state index contributed by atoms with van der Waals surface area (Å²) in [6, 6.07) is 0.283. The van der Waals surface area contributed by atoms with Crippen molar-refractivity contribution in [1.82, 2.24) is 4.90 Å². The van der Waals surface area contributed by atoms with E-state index in [9.17, 15) is 10.4 Å². The summed E-state index contributed by atoms with van der Waals surface area (Å²) in [5.41, 5.74) is 0. The van der Waals surface area contributed by atoms with Crippen molar-refractivity contribution in [2.24, 2.45) is 0 Å². The van der Waals surface area contributed by atoms with Crippen molar-refractivity contribution in [3.8, 4) is 0 Å². The molecule has 2 heterocycles. The Morgan fingerprint density at radius 2 is 1.62 bits per heavy atom. The van der Waals surface area contributed by atoms with Gasteiger partial charge in [-0.05, 0) is 13.8 Å². The lowest BCUT2D eigenvalue weighted by atomic mass is 10.2. The van der Waals surface area contributed by atoms with E-state index in [0.717, 1.165) is 52.4 Å². The highest BCUT2D eigenvalue weighted by Gasteiger charge is 2.42. The Hall–Kier alpha value is -0.200. The number of hydroxylamine groups is 6. The van der Waals surface area contributed by atoms with Crippen LogP contribution in [0.4, 0.5) is 0 Å². The lowest BCUT2D eigenvalue weighted by Crippen LogP contribution is -2.61. The van der Waals surface area contributed by atoms with Crippen LogP contribution in [0.3, 0.4) is 0 Å². The van der Waals surface area contributed by atoms with Crippen LogP contribution in [0.15, 0.2) is 0 Å². The average molecular weight is 231 g/mol. The molecule has 0 unspecified atom stereocenters. The maximum atomic E-state index is 10.3. The number of nitrogens with zero attached hydrogens (tertiary/aromatic N) is 3. The minimum atomic E-state index is 0.204. The highest BCUT2D eigenvalue weighted by atomic mass is 16.6. The minimum absolute atomic E-state index is 0.204. The van der Waals surface area contributed by atoms with Crippen LogP contribution >= 0.6 is 0 Å². The molecule has 0 aromatic rings. The zero-order valence-electron chi connectivity index (χ0n) is 10.5. The fourth-order valence-electron chi connectivity index (χ4n) is 2.26. The smallest absolute Gasteiger partial charge is 0.161 e. The topological polar surface area (TPSA) is 43.7 Å². The van der Waals surface area contributed by atoms with Gasteiger partial charge in [-0.2, -0.15) is 9.29 Å². The van der Waals surface area contributed by atoms with Crippen molar-refractivity contribution in [3.05, 3.63) is 0 Å². The summed E-state index contributed by atoms with van der Waals surface area (Å²) in [5, 5.41) is 20.0. The fourth-order valence-corrected chi connectivity index (χ4v) is 2.26. The van der Waals surface area contributed by atoms with E-state index in [1.807, 2.05) is 0 Å². The Bertz CT molecular complexity index is 246. The molecule has 0 aliphatic carbocycles. The normalized spacial score (nSPS) is 28.3. The van der Waals surface area contributed by atoms with Crippen molar-refractivity contribution in [2.75, 3.05) is 52.4 Å². The van der Waals surface area contributed by atoms with E-state index >= 15 is 0 Å². The predicted octanol–water partition coefficient (Wildman–Crippen LogP) is 0.136. The van der Waals surface area contributed by atoms with Crippen LogP contribution in [0.5, 0.6) is 0 Å². The van der Waals surface area contributed by atoms with Gasteiger partial charge in [0.05, 0.1) is 19.6 Å². The Morgan fingerprint density at radius 3 is 2.06 bits per heavy atom. The van der Waals surface area contributed by atoms with E-state index in [-0.39, 0.29) is 15.3 Å². The molecule has 2 rings (SSSR count). The Kier molecular flexibility index (Phi) is 3.25. The summed E-state index contributed by atoms with van der Waals surface area (Å²) in [7, 11) is 0. The second-order valence-electron chi connectivity index (χ2n) is 5.64. The van der Waals surface area contributed by atoms with Gasteiger partial charge in [-0.3, -0.25) is 4.90 Å². The Labute approximate surface area is 97.6 Å². The van der Waals surface area contributed by atoms with E-state index in [4.69, 9.17) is 0 Å². The third-order valence-corrected chi connectivity index (χ3v) is 4.14. The van der Waals surface area contributed by atoms with E-state index < -0.39 is 0 Å². The van der Waals surface area contributed by atoms with Crippen LogP contribution in [-0.4, -0.2) is 83.0 Å². The summed E-state index contributed by atoms with van der Waals surface area (Å²) in [5.74, 6) is 0. The number of piperazine rings is 1. The lowest BCUT2D eigenvalue weighted by Gasteiger charge is -2.41. The van der Waals surface area contributed by atoms with Gasteiger partial charge in [-0.15, -0.1) is 0 Å². The molecule has 5 nitrogen and oxygen atoms in total. The minimum Gasteiger partial charge on any atom is -0.286 e. The maximum absolute atomic E-state index is 10.3. The van der Waals surface area contributed by atoms with Crippen molar-refractivity contribution in [3.63, 3.8) is 0 Å². The summed E-state index contributed by atoms with van der Waals surface area (Å²) < 4.78 is 0.468. The van der Waals surface area contributed by atoms with Gasteiger partial charge in [-0.1, -0.05) is 0 Å². The van der Waals surface area contributed by atoms with Gasteiger partial charge >= 0.3 is 0 Å². The van der Waals surface area contributed by atoms with Gasteiger partial charge in [0.2, 0.25) is 0 Å². The second-order valence-corrected chi connectivity index (χ2v) is 5.64. The van der Waals surface area contributed by atoms with Gasteiger partial charge in [-0.25, -0.2) is 10.4 Å². The molecule has 16 heavy (non-hydrogen) atoms. The Morgan fingerprint density at radius 1 is 1.06 bits per heavy atom. The largest absolute Gasteiger partial charge is 0.286 e. The number of rotatable bonds is 4. The molecule has 2 fully saturated rings. The molecule has 0 spiro atoms. The van der Waals surface area contributed by atoms with Gasteiger partial charge in [0.15, 0.2) is 13.1 Å². The molecule has 0 bridgehead atoms. The van der Waals surface area contributed by atoms with Crippen LogP contribution in [0.2, 0.25) is 0 Å². The summed E-state index contributed by atoms with van der Waals surface area (Å²) in [6.45, 7) is 11.3. The molecule has 2 N–H and O–H groups in total. The zero-order valence-corrected chi connectivity index (χ0v) is 10.5. The molecule has 0 radical (unpaired) electrons. The van der Waals surface area contributed by atoms with Crippen molar-refractivity contribution >= 4 is 0 Å². The molecule has 0 atom stereocenters. The molecule has 2 aliphatic heterocycles. The van der Waals surface area contributed by atoms with E-state index in [1.165, 1.54) is 0 Å². The van der Waals surface area contributed by atoms with Gasteiger partial charge < -0.3 is 0 Å². The average Bonchev–Trinajstić information content (AvgIpc) is 2.96. The first kappa shape index (κ1) is 12.3. The third kappa shape index (κ3) is 2.73. The van der Waals surface area contributed by atoms with Gasteiger partial charge in [0, 0.05) is 0 Å². The van der Waals surface area contributed by atoms with E-state index in [0.29, 0.717) is 0 Å². The first-order valence-corrected chi connectivity index (χ1v) is 6.34. The van der Waals surface area contributed by atoms with Crippen molar-refractivity contribution < 1.29 is 19.7 Å². The highest BCUT2D eigenvalue weighted by Crippen LogP contribution is 2.18. The first-order chi connectivity index (χ1) is 7.44. The summed E-state index contributed by atoms with van der Waals surface area (Å²) in [6.07, 6.45) is 0. The van der Waals surface area contributed by atoms with Crippen molar-refractivity contribution in [1.29, 1.82) is 0 Å². The molecular formula is C11H25N3O2+2. The molecule has 2 saturated heterocycles. The summed E-state index contributed by atoms with van der Waals surface area (Å²) >= 11 is 0. The number of quaternary nitrogens is 2. The van der Waals surface area contributed by atoms with Crippen LogP contribution in [-0.2, 0) is 0 Å². The molecular weight excluding hydrogens is 206 g/mol. The molecule has 0 aromatic heterocycles. The highest BCUT2D eigenvalue weighted by molar-refractivity contribution is 4.64. The zero-order chi connectivity index (χ0) is 11.8. The lowest BCUT2D eigenvalue weighted by molar-refractivity contribution is -1.12. The molecule has 5 heteroatoms. The van der Waals surface area contributed by atoms with E-state index in [2.05, 4.69) is 18.7 Å². The number of hydrogen-bond donors (Lipinski definition) is 2. The van der Waals surface area contributed by atoms with E-state index in [1.54, 1.807) is 0 Å². The van der Waals surface area contributed by atoms with Gasteiger partial charge in [0.25, 0.3) is 0 Å². The van der Waals surface area contributed by atoms with Gasteiger partial charge in [0.1, 0.15) is 25.7 Å². The quantitative estimate of drug-likeness (QED) is 0.534. The monoisotopic (exact) mass is 231 g/mol. The molecule has 0 saturated carbocycles. The first-order valence-electron chi connectivity index (χ1n) is 6.34. The third-order valence-electron chi connectivity index (χ3n) is 4.14. The molecule has 94 valence electrons. The van der Waals surface area contributed by atoms with Crippen LogP contribution in [0.25, 0.3) is 0 Å². The molecule has 0 amide bonds. The number of hydrogen-bond acceptors (Lipinski definition) is 3. The Balaban J connectivity index is 1.72. The maximum Gasteiger partial charge on any atom is 0.161 e. The molecule has 0 aromatic carbocycles. The standard InChI is InChI=1S/C11H25N3O2/c1-11(2)14(16)7-4-12(5-8-14)3-6-13(15)9-10-13/h11,15-16H,3-10H2,1-2H3/q+2. The van der Waals surface area contributed by atoms with Crippen LogP contribution < -0.4 is 0 Å². The van der Waals surface area contributed by atoms with Crippen LogP contribution in [0, 0.1) is 0 Å². The summed E-state index contributed by atoms with van der Waals surface area (Å²) in [4.78, 5) is 2.35. The van der Waals surface area contributed by atoms with Crippen molar-refractivity contribution in [2.45, 2.75) is 19.9 Å².